The van der Waals surface area contributed by atoms with E-state index in [0.29, 0.717) is 24.6 Å². The number of halogens is 2. The Morgan fingerprint density at radius 1 is 1.33 bits per heavy atom. The summed E-state index contributed by atoms with van der Waals surface area (Å²) in [6, 6.07) is 8.26. The minimum absolute atomic E-state index is 0. The second-order valence-corrected chi connectivity index (χ2v) is 7.45. The Balaban J connectivity index is 0.00000208. The largest absolute Gasteiger partial charge is 0.377 e. The Kier molecular flexibility index (Phi) is 6.79. The molecule has 4 nitrogen and oxygen atoms in total. The third-order valence-electron chi connectivity index (χ3n) is 5.07. The van der Waals surface area contributed by atoms with Crippen molar-refractivity contribution >= 4 is 41.5 Å². The van der Waals surface area contributed by atoms with Crippen LogP contribution >= 0.6 is 35.6 Å². The lowest BCUT2D eigenvalue weighted by molar-refractivity contribution is -0.106. The zero-order chi connectivity index (χ0) is 16.4. The van der Waals surface area contributed by atoms with E-state index in [-0.39, 0.29) is 29.4 Å². The Morgan fingerprint density at radius 2 is 2.04 bits per heavy atom. The maximum Gasteiger partial charge on any atom is 0.191 e. The van der Waals surface area contributed by atoms with Crippen LogP contribution in [-0.2, 0) is 11.3 Å². The number of aliphatic imine (C=N–C) groups is 1. The van der Waals surface area contributed by atoms with Crippen molar-refractivity contribution in [1.29, 1.82) is 0 Å². The van der Waals surface area contributed by atoms with Crippen LogP contribution in [0.2, 0.25) is 5.02 Å². The molecule has 3 unspecified atom stereocenters. The third-order valence-corrected chi connectivity index (χ3v) is 5.32. The summed E-state index contributed by atoms with van der Waals surface area (Å²) in [5.74, 6) is 1.48. The summed E-state index contributed by atoms with van der Waals surface area (Å²) in [5, 5.41) is 7.74. The van der Waals surface area contributed by atoms with Gasteiger partial charge in [0, 0.05) is 35.5 Å². The zero-order valence-electron chi connectivity index (χ0n) is 14.5. The van der Waals surface area contributed by atoms with Gasteiger partial charge in [0.2, 0.25) is 0 Å². The van der Waals surface area contributed by atoms with E-state index >= 15 is 0 Å². The van der Waals surface area contributed by atoms with Crippen molar-refractivity contribution in [2.24, 2.45) is 16.3 Å². The highest BCUT2D eigenvalue weighted by Crippen LogP contribution is 2.52. The minimum atomic E-state index is 0. The number of fused-ring (bicyclic) bond motifs is 1. The first-order chi connectivity index (χ1) is 11.0. The highest BCUT2D eigenvalue weighted by molar-refractivity contribution is 14.0. The summed E-state index contributed by atoms with van der Waals surface area (Å²) < 4.78 is 5.87. The molecule has 0 spiro atoms. The molecule has 1 aliphatic heterocycles. The third kappa shape index (κ3) is 3.99. The predicted octanol–water partition coefficient (Wildman–Crippen LogP) is 3.83. The summed E-state index contributed by atoms with van der Waals surface area (Å²) in [5.41, 5.74) is 1.30. The maximum absolute atomic E-state index is 5.93. The van der Waals surface area contributed by atoms with Crippen LogP contribution in [0.4, 0.5) is 0 Å². The molecule has 1 heterocycles. The second-order valence-electron chi connectivity index (χ2n) is 7.01. The van der Waals surface area contributed by atoms with Gasteiger partial charge in [-0.05, 0) is 31.0 Å². The lowest BCUT2D eigenvalue weighted by atomic mass is 9.57. The number of hydrogen-bond donors (Lipinski definition) is 2. The highest BCUT2D eigenvalue weighted by atomic mass is 127. The van der Waals surface area contributed by atoms with Crippen LogP contribution in [0.25, 0.3) is 0 Å². The van der Waals surface area contributed by atoms with Crippen molar-refractivity contribution in [3.63, 3.8) is 0 Å². The Morgan fingerprint density at radius 3 is 2.71 bits per heavy atom. The molecular weight excluding hydrogens is 437 g/mol. The molecule has 6 heteroatoms. The predicted molar refractivity (Wildman–Crippen MR) is 110 cm³/mol. The Bertz CT molecular complexity index is 576. The Hall–Kier alpha value is -0.530. The van der Waals surface area contributed by atoms with Gasteiger partial charge >= 0.3 is 0 Å². The standard InChI is InChI=1S/C18H26ClN3O.HI/c1-4-20-17(21-11-12-5-7-13(19)8-6-12)22-15-14-9-10-23-16(14)18(15,2)3;/h5-8,14-16H,4,9-11H2,1-3H3,(H2,20,21,22);1H. The lowest BCUT2D eigenvalue weighted by Crippen LogP contribution is -2.67. The average molecular weight is 464 g/mol. The smallest absolute Gasteiger partial charge is 0.191 e. The van der Waals surface area contributed by atoms with E-state index in [0.717, 1.165) is 36.1 Å². The molecule has 1 aromatic carbocycles. The first-order valence-corrected chi connectivity index (χ1v) is 8.81. The first kappa shape index (κ1) is 19.8. The normalized spacial score (nSPS) is 27.7. The Labute approximate surface area is 166 Å². The molecule has 1 aromatic rings. The van der Waals surface area contributed by atoms with E-state index < -0.39 is 0 Å². The number of benzene rings is 1. The van der Waals surface area contributed by atoms with E-state index in [2.05, 4.69) is 31.4 Å². The fraction of sp³-hybridized carbons (Fsp3) is 0.611. The molecule has 0 bridgehead atoms. The van der Waals surface area contributed by atoms with Crippen molar-refractivity contribution < 1.29 is 4.74 Å². The quantitative estimate of drug-likeness (QED) is 0.405. The fourth-order valence-electron chi connectivity index (χ4n) is 3.84. The van der Waals surface area contributed by atoms with Crippen molar-refractivity contribution in [2.75, 3.05) is 13.2 Å². The average Bonchev–Trinajstić information content (AvgIpc) is 2.98. The summed E-state index contributed by atoms with van der Waals surface area (Å²) in [7, 11) is 0. The van der Waals surface area contributed by atoms with Crippen LogP contribution in [0.15, 0.2) is 29.3 Å². The van der Waals surface area contributed by atoms with Gasteiger partial charge in [0.05, 0.1) is 12.6 Å². The van der Waals surface area contributed by atoms with E-state index in [9.17, 15) is 0 Å². The molecule has 3 atom stereocenters. The molecule has 3 rings (SSSR count). The summed E-state index contributed by atoms with van der Waals surface area (Å²) >= 11 is 5.93. The van der Waals surface area contributed by atoms with Crippen LogP contribution in [0, 0.1) is 11.3 Å². The topological polar surface area (TPSA) is 45.7 Å². The monoisotopic (exact) mass is 463 g/mol. The number of ether oxygens (including phenoxy) is 1. The molecule has 2 aliphatic rings. The molecule has 0 aromatic heterocycles. The number of guanidine groups is 1. The molecular formula is C18H27ClIN3O. The lowest BCUT2D eigenvalue weighted by Gasteiger charge is -2.54. The number of nitrogens with one attached hydrogen (secondary N) is 2. The van der Waals surface area contributed by atoms with Crippen LogP contribution in [0.1, 0.15) is 32.8 Å². The van der Waals surface area contributed by atoms with Gasteiger partial charge in [0.15, 0.2) is 5.96 Å². The van der Waals surface area contributed by atoms with E-state index in [4.69, 9.17) is 21.3 Å². The highest BCUT2D eigenvalue weighted by Gasteiger charge is 2.59. The van der Waals surface area contributed by atoms with Gasteiger partial charge in [0.25, 0.3) is 0 Å². The molecule has 0 radical (unpaired) electrons. The zero-order valence-corrected chi connectivity index (χ0v) is 17.6. The summed E-state index contributed by atoms with van der Waals surface area (Å²) in [6.45, 7) is 9.02. The van der Waals surface area contributed by atoms with Crippen molar-refractivity contribution in [3.05, 3.63) is 34.9 Å². The molecule has 1 aliphatic carbocycles. The number of hydrogen-bond acceptors (Lipinski definition) is 2. The fourth-order valence-corrected chi connectivity index (χ4v) is 3.97. The van der Waals surface area contributed by atoms with Crippen LogP contribution in [0.3, 0.4) is 0 Å². The summed E-state index contributed by atoms with van der Waals surface area (Å²) in [6.07, 6.45) is 1.53. The minimum Gasteiger partial charge on any atom is -0.377 e. The maximum atomic E-state index is 5.93. The van der Waals surface area contributed by atoms with Gasteiger partial charge in [-0.3, -0.25) is 0 Å². The number of rotatable bonds is 4. The molecule has 0 amide bonds. The molecule has 1 saturated carbocycles. The van der Waals surface area contributed by atoms with E-state index in [1.165, 1.54) is 0 Å². The van der Waals surface area contributed by atoms with Crippen molar-refractivity contribution in [3.8, 4) is 0 Å². The van der Waals surface area contributed by atoms with Gasteiger partial charge in [-0.15, -0.1) is 24.0 Å². The molecule has 2 fully saturated rings. The van der Waals surface area contributed by atoms with E-state index in [1.807, 2.05) is 24.3 Å². The van der Waals surface area contributed by atoms with Gasteiger partial charge in [-0.1, -0.05) is 37.6 Å². The van der Waals surface area contributed by atoms with Gasteiger partial charge in [-0.25, -0.2) is 4.99 Å². The van der Waals surface area contributed by atoms with Gasteiger partial charge in [0.1, 0.15) is 0 Å². The first-order valence-electron chi connectivity index (χ1n) is 8.43. The van der Waals surface area contributed by atoms with Crippen molar-refractivity contribution in [1.82, 2.24) is 10.6 Å². The van der Waals surface area contributed by atoms with Gasteiger partial charge in [-0.2, -0.15) is 0 Å². The van der Waals surface area contributed by atoms with Crippen LogP contribution in [0.5, 0.6) is 0 Å². The van der Waals surface area contributed by atoms with E-state index in [1.54, 1.807) is 0 Å². The molecule has 1 saturated heterocycles. The molecule has 2 N–H and O–H groups in total. The molecule has 24 heavy (non-hydrogen) atoms. The van der Waals surface area contributed by atoms with Crippen molar-refractivity contribution in [2.45, 2.75) is 45.9 Å². The second kappa shape index (κ2) is 8.23. The number of nitrogens with zero attached hydrogens (tertiary/aromatic N) is 1. The summed E-state index contributed by atoms with van der Waals surface area (Å²) in [4.78, 5) is 4.73. The molecule has 134 valence electrons. The van der Waals surface area contributed by atoms with Crippen LogP contribution < -0.4 is 10.6 Å². The SMILES string of the molecule is CCNC(=NCc1ccc(Cl)cc1)NC1C2CCOC2C1(C)C.I. The van der Waals surface area contributed by atoms with Crippen LogP contribution in [-0.4, -0.2) is 31.3 Å². The van der Waals surface area contributed by atoms with Gasteiger partial charge < -0.3 is 15.4 Å².